The first-order valence-corrected chi connectivity index (χ1v) is 5.78. The molecule has 1 amide bonds. The molecule has 0 saturated carbocycles. The first kappa shape index (κ1) is 14.0. The fraction of sp³-hybridized carbons (Fsp3) is 0.100. The zero-order valence-corrected chi connectivity index (χ0v) is 10.1. The second-order valence-electron chi connectivity index (χ2n) is 3.30. The Hall–Kier alpha value is -2.09. The molecule has 0 bridgehead atoms. The molecule has 1 rings (SSSR count). The predicted molar refractivity (Wildman–Crippen MR) is 69.7 cm³/mol. The molecule has 0 radical (unpaired) electrons. The summed E-state index contributed by atoms with van der Waals surface area (Å²) in [4.78, 5) is 14.4. The number of nitrogens with two attached hydrogens (primary N) is 3. The number of amidine groups is 1. The van der Waals surface area contributed by atoms with Crippen LogP contribution in [0.5, 0.6) is 0 Å². The molecule has 0 fully saturated rings. The lowest BCUT2D eigenvalue weighted by Gasteiger charge is -2.04. The van der Waals surface area contributed by atoms with Crippen molar-refractivity contribution in [3.8, 4) is 0 Å². The molecule has 0 aliphatic rings. The number of thioether (sulfide) groups is 1. The topological polar surface area (TPSA) is 131 Å². The Morgan fingerprint density at radius 3 is 2.61 bits per heavy atom. The van der Waals surface area contributed by atoms with Crippen molar-refractivity contribution in [2.75, 3.05) is 0 Å². The van der Waals surface area contributed by atoms with Crippen LogP contribution in [-0.2, 0) is 5.75 Å². The summed E-state index contributed by atoms with van der Waals surface area (Å²) in [5.41, 5.74) is 15.7. The summed E-state index contributed by atoms with van der Waals surface area (Å²) in [5, 5.41) is 7.24. The van der Waals surface area contributed by atoms with Crippen LogP contribution in [0, 0.1) is 11.2 Å². The van der Waals surface area contributed by atoms with Gasteiger partial charge in [-0.05, 0) is 23.8 Å². The number of halogens is 1. The van der Waals surface area contributed by atoms with Gasteiger partial charge in [0.15, 0.2) is 11.1 Å². The van der Waals surface area contributed by atoms with Crippen molar-refractivity contribution >= 4 is 28.8 Å². The first-order chi connectivity index (χ1) is 8.40. The maximum absolute atomic E-state index is 13.4. The normalized spacial score (nSPS) is 9.83. The van der Waals surface area contributed by atoms with Crippen LogP contribution < -0.4 is 17.2 Å². The Bertz CT molecular complexity index is 513. The fourth-order valence-corrected chi connectivity index (χ4v) is 1.82. The minimum Gasteiger partial charge on any atom is -0.370 e. The monoisotopic (exact) mass is 269 g/mol. The molecular weight excluding hydrogens is 257 g/mol. The van der Waals surface area contributed by atoms with E-state index in [0.717, 1.165) is 17.8 Å². The summed E-state index contributed by atoms with van der Waals surface area (Å²) in [6.07, 6.45) is 0. The number of nitrogens with one attached hydrogen (secondary N) is 1. The van der Waals surface area contributed by atoms with E-state index in [9.17, 15) is 9.18 Å². The van der Waals surface area contributed by atoms with Gasteiger partial charge in [-0.15, -0.1) is 0 Å². The summed E-state index contributed by atoms with van der Waals surface area (Å²) < 4.78 is 13.4. The molecule has 6 nitrogen and oxygen atoms in total. The zero-order valence-electron chi connectivity index (χ0n) is 9.31. The molecule has 8 heteroatoms. The summed E-state index contributed by atoms with van der Waals surface area (Å²) in [6, 6.07) is 3.79. The van der Waals surface area contributed by atoms with E-state index in [1.165, 1.54) is 12.1 Å². The number of nitrogens with zero attached hydrogens (tertiary/aromatic N) is 1. The van der Waals surface area contributed by atoms with Gasteiger partial charge in [-0.3, -0.25) is 10.2 Å². The lowest BCUT2D eigenvalue weighted by atomic mass is 10.1. The van der Waals surface area contributed by atoms with E-state index in [-0.39, 0.29) is 28.0 Å². The van der Waals surface area contributed by atoms with Crippen molar-refractivity contribution in [2.45, 2.75) is 5.75 Å². The van der Waals surface area contributed by atoms with Crippen molar-refractivity contribution in [1.82, 2.24) is 0 Å². The van der Waals surface area contributed by atoms with Crippen LogP contribution >= 0.6 is 11.8 Å². The van der Waals surface area contributed by atoms with Gasteiger partial charge in [0.25, 0.3) is 0 Å². The van der Waals surface area contributed by atoms with Crippen LogP contribution in [0.2, 0.25) is 0 Å². The van der Waals surface area contributed by atoms with Gasteiger partial charge in [0, 0.05) is 11.3 Å². The highest BCUT2D eigenvalue weighted by molar-refractivity contribution is 8.13. The molecule has 0 aromatic heterocycles. The Balaban J connectivity index is 2.78. The van der Waals surface area contributed by atoms with Crippen LogP contribution in [0.4, 0.5) is 4.39 Å². The number of hydrogen-bond acceptors (Lipinski definition) is 3. The largest absolute Gasteiger partial charge is 0.370 e. The van der Waals surface area contributed by atoms with E-state index < -0.39 is 11.7 Å². The highest BCUT2D eigenvalue weighted by Gasteiger charge is 2.08. The van der Waals surface area contributed by atoms with E-state index in [1.54, 1.807) is 0 Å². The Kier molecular flexibility index (Phi) is 4.67. The van der Waals surface area contributed by atoms with E-state index >= 15 is 0 Å². The number of carbonyl (C=O) groups is 1. The molecule has 1 aromatic carbocycles. The van der Waals surface area contributed by atoms with Crippen molar-refractivity contribution in [3.63, 3.8) is 0 Å². The summed E-state index contributed by atoms with van der Waals surface area (Å²) in [5.74, 6) is -1.23. The predicted octanol–water partition coefficient (Wildman–Crippen LogP) is 0.366. The maximum atomic E-state index is 13.4. The molecular formula is C10H12FN5OS. The number of carbonyl (C=O) groups excluding carboxylic acids is 1. The molecule has 1 aromatic rings. The summed E-state index contributed by atoms with van der Waals surface area (Å²) in [6.45, 7) is 0. The first-order valence-electron chi connectivity index (χ1n) is 4.79. The van der Waals surface area contributed by atoms with Crippen LogP contribution in [0.1, 0.15) is 15.9 Å². The van der Waals surface area contributed by atoms with E-state index in [0.29, 0.717) is 0 Å². The average Bonchev–Trinajstić information content (AvgIpc) is 2.26. The SMILES string of the molecule is N=C(N=C(N)N)SCc1cc(C(N)=O)ccc1F. The molecule has 96 valence electrons. The number of primary amides is 1. The van der Waals surface area contributed by atoms with Crippen LogP contribution in [0.25, 0.3) is 0 Å². The van der Waals surface area contributed by atoms with Gasteiger partial charge in [0.2, 0.25) is 5.91 Å². The highest BCUT2D eigenvalue weighted by Crippen LogP contribution is 2.18. The van der Waals surface area contributed by atoms with Crippen LogP contribution in [-0.4, -0.2) is 17.0 Å². The smallest absolute Gasteiger partial charge is 0.248 e. The van der Waals surface area contributed by atoms with Crippen molar-refractivity contribution in [2.24, 2.45) is 22.2 Å². The number of guanidine groups is 1. The highest BCUT2D eigenvalue weighted by atomic mass is 32.2. The van der Waals surface area contributed by atoms with Gasteiger partial charge in [-0.25, -0.2) is 4.39 Å². The quantitative estimate of drug-likeness (QED) is 0.466. The van der Waals surface area contributed by atoms with Crippen molar-refractivity contribution in [1.29, 1.82) is 5.41 Å². The zero-order chi connectivity index (χ0) is 13.7. The van der Waals surface area contributed by atoms with Gasteiger partial charge in [-0.2, -0.15) is 4.99 Å². The third-order valence-electron chi connectivity index (χ3n) is 1.93. The second-order valence-corrected chi connectivity index (χ2v) is 4.26. The molecule has 18 heavy (non-hydrogen) atoms. The van der Waals surface area contributed by atoms with Gasteiger partial charge in [0.05, 0.1) is 0 Å². The van der Waals surface area contributed by atoms with Gasteiger partial charge in [0.1, 0.15) is 5.82 Å². The van der Waals surface area contributed by atoms with Gasteiger partial charge >= 0.3 is 0 Å². The average molecular weight is 269 g/mol. The summed E-state index contributed by atoms with van der Waals surface area (Å²) >= 11 is 0.936. The second kappa shape index (κ2) is 6.01. The lowest BCUT2D eigenvalue weighted by molar-refractivity contribution is 0.1000. The standard InChI is InChI=1S/C10H12FN5OS/c11-7-2-1-5(8(12)17)3-6(7)4-18-10(15)16-9(13)14/h1-3H,4H2,(H2,12,17)(H5,13,14,15,16). The number of amides is 1. The van der Waals surface area contributed by atoms with Crippen molar-refractivity contribution in [3.05, 3.63) is 35.1 Å². The molecule has 0 spiro atoms. The van der Waals surface area contributed by atoms with Gasteiger partial charge < -0.3 is 17.2 Å². The minimum absolute atomic E-state index is 0.128. The molecule has 0 saturated heterocycles. The van der Waals surface area contributed by atoms with E-state index in [4.69, 9.17) is 22.6 Å². The number of hydrogen-bond donors (Lipinski definition) is 4. The molecule has 7 N–H and O–H groups in total. The molecule has 0 aliphatic carbocycles. The summed E-state index contributed by atoms with van der Waals surface area (Å²) in [7, 11) is 0. The number of rotatable bonds is 3. The fourth-order valence-electron chi connectivity index (χ4n) is 1.13. The van der Waals surface area contributed by atoms with Crippen LogP contribution in [0.3, 0.4) is 0 Å². The molecule has 0 heterocycles. The Labute approximate surface area is 107 Å². The van der Waals surface area contributed by atoms with E-state index in [2.05, 4.69) is 4.99 Å². The number of benzene rings is 1. The Morgan fingerprint density at radius 2 is 2.06 bits per heavy atom. The van der Waals surface area contributed by atoms with Crippen LogP contribution in [0.15, 0.2) is 23.2 Å². The Morgan fingerprint density at radius 1 is 1.39 bits per heavy atom. The maximum Gasteiger partial charge on any atom is 0.248 e. The third-order valence-corrected chi connectivity index (χ3v) is 2.75. The van der Waals surface area contributed by atoms with E-state index in [1.807, 2.05) is 0 Å². The minimum atomic E-state index is -0.638. The molecule has 0 atom stereocenters. The van der Waals surface area contributed by atoms with Crippen molar-refractivity contribution < 1.29 is 9.18 Å². The molecule has 0 unspecified atom stereocenters. The lowest BCUT2D eigenvalue weighted by Crippen LogP contribution is -2.23. The third kappa shape index (κ3) is 4.06. The van der Waals surface area contributed by atoms with Gasteiger partial charge in [-0.1, -0.05) is 11.8 Å². The molecule has 0 aliphatic heterocycles. The number of aliphatic imine (C=N–C) groups is 1.